The van der Waals surface area contributed by atoms with Gasteiger partial charge < -0.3 is 10.2 Å². The van der Waals surface area contributed by atoms with Gasteiger partial charge in [0.05, 0.1) is 5.41 Å². The largest absolute Gasteiger partial charge is 0.508 e. The summed E-state index contributed by atoms with van der Waals surface area (Å²) in [6.45, 7) is 0. The van der Waals surface area contributed by atoms with Crippen LogP contribution < -0.4 is 0 Å². The van der Waals surface area contributed by atoms with Gasteiger partial charge in [0, 0.05) is 18.4 Å². The molecule has 1 aromatic rings. The summed E-state index contributed by atoms with van der Waals surface area (Å²) in [5.74, 6) is -5.30. The smallest absolute Gasteiger partial charge is 0.314 e. The first kappa shape index (κ1) is 13.7. The zero-order chi connectivity index (χ0) is 14.3. The minimum absolute atomic E-state index is 0.129. The molecule has 2 rings (SSSR count). The van der Waals surface area contributed by atoms with E-state index in [1.165, 1.54) is 0 Å². The van der Waals surface area contributed by atoms with Crippen molar-refractivity contribution in [3.8, 4) is 5.75 Å². The molecule has 1 fully saturated rings. The Kier molecular flexibility index (Phi) is 3.20. The number of carbonyl (C=O) groups is 1. The molecule has 0 spiro atoms. The first-order valence-corrected chi connectivity index (χ1v) is 5.87. The third kappa shape index (κ3) is 2.39. The standard InChI is InChI=1S/C13H13F3O3/c14-8-1-2-10(17)9(7-8)12(11(18)19)3-5-13(15,16)6-4-12/h1-2,7,17H,3-6H2,(H,18,19). The van der Waals surface area contributed by atoms with Crippen LogP contribution in [0.1, 0.15) is 31.2 Å². The molecule has 6 heteroatoms. The summed E-state index contributed by atoms with van der Waals surface area (Å²) in [6.07, 6.45) is -1.83. The lowest BCUT2D eigenvalue weighted by atomic mass is 9.68. The monoisotopic (exact) mass is 274 g/mol. The Morgan fingerprint density at radius 1 is 1.16 bits per heavy atom. The minimum atomic E-state index is -2.90. The second-order valence-electron chi connectivity index (χ2n) is 4.90. The molecule has 104 valence electrons. The van der Waals surface area contributed by atoms with Gasteiger partial charge in [-0.2, -0.15) is 0 Å². The van der Waals surface area contributed by atoms with E-state index in [1.807, 2.05) is 0 Å². The highest BCUT2D eigenvalue weighted by molar-refractivity contribution is 5.82. The van der Waals surface area contributed by atoms with Gasteiger partial charge in [-0.25, -0.2) is 13.2 Å². The van der Waals surface area contributed by atoms with Crippen LogP contribution in [0.4, 0.5) is 13.2 Å². The van der Waals surface area contributed by atoms with Crippen molar-refractivity contribution in [3.05, 3.63) is 29.6 Å². The average Bonchev–Trinajstić information content (AvgIpc) is 2.33. The van der Waals surface area contributed by atoms with Crippen molar-refractivity contribution in [1.82, 2.24) is 0 Å². The van der Waals surface area contributed by atoms with Gasteiger partial charge in [0.1, 0.15) is 11.6 Å². The summed E-state index contributed by atoms with van der Waals surface area (Å²) in [6, 6.07) is 2.95. The predicted octanol–water partition coefficient (Wildman–Crippen LogP) is 3.06. The molecule has 19 heavy (non-hydrogen) atoms. The lowest BCUT2D eigenvalue weighted by Crippen LogP contribution is -2.42. The molecule has 0 heterocycles. The molecule has 0 atom stereocenters. The van der Waals surface area contributed by atoms with Gasteiger partial charge in [0.15, 0.2) is 0 Å². The van der Waals surface area contributed by atoms with Crippen molar-refractivity contribution in [2.75, 3.05) is 0 Å². The third-order valence-corrected chi connectivity index (χ3v) is 3.72. The van der Waals surface area contributed by atoms with Crippen molar-refractivity contribution in [2.24, 2.45) is 0 Å². The van der Waals surface area contributed by atoms with Crippen LogP contribution in [0.2, 0.25) is 0 Å². The number of hydrogen-bond donors (Lipinski definition) is 2. The number of halogens is 3. The van der Waals surface area contributed by atoms with Crippen molar-refractivity contribution in [3.63, 3.8) is 0 Å². The van der Waals surface area contributed by atoms with E-state index in [0.29, 0.717) is 0 Å². The summed E-state index contributed by atoms with van der Waals surface area (Å²) in [7, 11) is 0. The fourth-order valence-electron chi connectivity index (χ4n) is 2.53. The van der Waals surface area contributed by atoms with Crippen LogP contribution in [0.25, 0.3) is 0 Å². The molecule has 0 saturated heterocycles. The number of aromatic hydroxyl groups is 1. The normalized spacial score (nSPS) is 21.0. The van der Waals surface area contributed by atoms with Crippen LogP contribution in [0, 0.1) is 5.82 Å². The fraction of sp³-hybridized carbons (Fsp3) is 0.462. The molecule has 0 radical (unpaired) electrons. The van der Waals surface area contributed by atoms with E-state index in [1.54, 1.807) is 0 Å². The van der Waals surface area contributed by atoms with Gasteiger partial charge in [0.25, 0.3) is 0 Å². The van der Waals surface area contributed by atoms with E-state index in [-0.39, 0.29) is 24.2 Å². The second-order valence-corrected chi connectivity index (χ2v) is 4.90. The number of carboxylic acid groups (broad SMARTS) is 1. The molecule has 0 amide bonds. The Bertz CT molecular complexity index is 504. The van der Waals surface area contributed by atoms with Crippen molar-refractivity contribution >= 4 is 5.97 Å². The van der Waals surface area contributed by atoms with E-state index in [2.05, 4.69) is 0 Å². The first-order chi connectivity index (χ1) is 8.77. The van der Waals surface area contributed by atoms with Gasteiger partial charge in [-0.15, -0.1) is 0 Å². The number of rotatable bonds is 2. The van der Waals surface area contributed by atoms with Crippen LogP contribution >= 0.6 is 0 Å². The lowest BCUT2D eigenvalue weighted by molar-refractivity contribution is -0.149. The molecule has 0 aromatic heterocycles. The van der Waals surface area contributed by atoms with Gasteiger partial charge >= 0.3 is 5.97 Å². The number of hydrogen-bond acceptors (Lipinski definition) is 2. The SMILES string of the molecule is O=C(O)C1(c2cc(F)ccc2O)CCC(F)(F)CC1. The highest BCUT2D eigenvalue weighted by Gasteiger charge is 2.50. The summed E-state index contributed by atoms with van der Waals surface area (Å²) < 4.78 is 39.6. The summed E-state index contributed by atoms with van der Waals surface area (Å²) in [5.41, 5.74) is -1.77. The fourth-order valence-corrected chi connectivity index (χ4v) is 2.53. The van der Waals surface area contributed by atoms with Crippen LogP contribution in [-0.4, -0.2) is 22.1 Å². The maximum atomic E-state index is 13.2. The third-order valence-electron chi connectivity index (χ3n) is 3.72. The molecular weight excluding hydrogens is 261 g/mol. The topological polar surface area (TPSA) is 57.5 Å². The summed E-state index contributed by atoms with van der Waals surface area (Å²) in [5, 5.41) is 19.1. The Morgan fingerprint density at radius 3 is 2.26 bits per heavy atom. The number of aliphatic carboxylic acids is 1. The number of benzene rings is 1. The van der Waals surface area contributed by atoms with Crippen LogP contribution in [0.5, 0.6) is 5.75 Å². The number of carboxylic acids is 1. The van der Waals surface area contributed by atoms with Crippen molar-refractivity contribution in [1.29, 1.82) is 0 Å². The zero-order valence-electron chi connectivity index (χ0n) is 10.00. The highest BCUT2D eigenvalue weighted by atomic mass is 19.3. The van der Waals surface area contributed by atoms with Crippen LogP contribution in [-0.2, 0) is 10.2 Å². The van der Waals surface area contributed by atoms with Gasteiger partial charge in [0.2, 0.25) is 5.92 Å². The Labute approximate surface area is 107 Å². The molecule has 0 aliphatic heterocycles. The summed E-state index contributed by atoms with van der Waals surface area (Å²) >= 11 is 0. The molecule has 0 unspecified atom stereocenters. The molecule has 1 aliphatic carbocycles. The van der Waals surface area contributed by atoms with E-state index < -0.39 is 36.0 Å². The Hall–Kier alpha value is -1.72. The second kappa shape index (κ2) is 4.43. The number of alkyl halides is 2. The van der Waals surface area contributed by atoms with Crippen LogP contribution in [0.15, 0.2) is 18.2 Å². The van der Waals surface area contributed by atoms with Crippen LogP contribution in [0.3, 0.4) is 0 Å². The molecule has 1 saturated carbocycles. The molecule has 2 N–H and O–H groups in total. The molecular formula is C13H13F3O3. The van der Waals surface area contributed by atoms with Gasteiger partial charge in [-0.1, -0.05) is 0 Å². The number of phenolic OH excluding ortho intramolecular Hbond substituents is 1. The Morgan fingerprint density at radius 2 is 1.74 bits per heavy atom. The van der Waals surface area contributed by atoms with Crippen molar-refractivity contribution < 1.29 is 28.2 Å². The highest BCUT2D eigenvalue weighted by Crippen LogP contribution is 2.48. The first-order valence-electron chi connectivity index (χ1n) is 5.87. The maximum absolute atomic E-state index is 13.2. The molecule has 1 aromatic carbocycles. The molecule has 3 nitrogen and oxygen atoms in total. The summed E-state index contributed by atoms with van der Waals surface area (Å²) in [4.78, 5) is 11.5. The predicted molar refractivity (Wildman–Crippen MR) is 60.8 cm³/mol. The van der Waals surface area contributed by atoms with Crippen molar-refractivity contribution in [2.45, 2.75) is 37.0 Å². The Balaban J connectivity index is 2.47. The minimum Gasteiger partial charge on any atom is -0.508 e. The maximum Gasteiger partial charge on any atom is 0.314 e. The lowest BCUT2D eigenvalue weighted by Gasteiger charge is -2.37. The number of phenols is 1. The van der Waals surface area contributed by atoms with E-state index in [9.17, 15) is 28.2 Å². The zero-order valence-corrected chi connectivity index (χ0v) is 10.00. The van der Waals surface area contributed by atoms with E-state index in [4.69, 9.17) is 0 Å². The van der Waals surface area contributed by atoms with Gasteiger partial charge in [-0.3, -0.25) is 4.79 Å². The van der Waals surface area contributed by atoms with E-state index in [0.717, 1.165) is 18.2 Å². The van der Waals surface area contributed by atoms with Gasteiger partial charge in [-0.05, 0) is 31.0 Å². The average molecular weight is 274 g/mol. The molecule has 1 aliphatic rings. The molecule has 0 bridgehead atoms. The quantitative estimate of drug-likeness (QED) is 0.871. The van der Waals surface area contributed by atoms with E-state index >= 15 is 0 Å².